The molecule has 0 radical (unpaired) electrons. The molecule has 0 saturated heterocycles. The van der Waals surface area contributed by atoms with Gasteiger partial charge in [-0.05, 0) is 38.2 Å². The number of unbranched alkanes of at least 4 members (excludes halogenated alkanes) is 11. The van der Waals surface area contributed by atoms with E-state index < -0.39 is 13.2 Å². The van der Waals surface area contributed by atoms with E-state index in [1.807, 2.05) is 0 Å². The molecule has 24 heavy (non-hydrogen) atoms. The summed E-state index contributed by atoms with van der Waals surface area (Å²) in [5.41, 5.74) is 0. The van der Waals surface area contributed by atoms with E-state index in [1.54, 1.807) is 0 Å². The summed E-state index contributed by atoms with van der Waals surface area (Å²) in [6.07, 6.45) is 14.2. The highest BCUT2D eigenvalue weighted by molar-refractivity contribution is 7.99. The Morgan fingerprint density at radius 2 is 1.17 bits per heavy atom. The molecule has 0 unspecified atom stereocenters. The van der Waals surface area contributed by atoms with E-state index in [4.69, 9.17) is 11.6 Å². The van der Waals surface area contributed by atoms with Gasteiger partial charge in [-0.2, -0.15) is 11.8 Å². The van der Waals surface area contributed by atoms with Crippen molar-refractivity contribution < 1.29 is 11.6 Å². The minimum absolute atomic E-state index is 0.147. The van der Waals surface area contributed by atoms with Crippen molar-refractivity contribution in [2.24, 2.45) is 0 Å². The average molecular weight is 364 g/mol. The summed E-state index contributed by atoms with van der Waals surface area (Å²) in [5.74, 6) is 2.51. The van der Waals surface area contributed by atoms with Gasteiger partial charge < -0.3 is 4.74 Å². The van der Waals surface area contributed by atoms with Gasteiger partial charge in [0.15, 0.2) is 0 Å². The van der Waals surface area contributed by atoms with Crippen LogP contribution in [-0.4, -0.2) is 24.2 Å². The Kier molecular flexibility index (Phi) is 14.7. The van der Waals surface area contributed by atoms with Crippen LogP contribution in [0.4, 0.5) is 0 Å². The lowest BCUT2D eigenvalue weighted by Crippen LogP contribution is -2.04. The van der Waals surface area contributed by atoms with Gasteiger partial charge in [0, 0.05) is 13.5 Å². The van der Waals surface area contributed by atoms with Crippen LogP contribution in [0.5, 0.6) is 0 Å². The maximum absolute atomic E-state index is 7.59. The highest BCUT2D eigenvalue weighted by Crippen LogP contribution is 2.14. The molecule has 0 aliphatic rings. The first kappa shape index (κ1) is 16.5. The quantitative estimate of drug-likeness (QED) is 0.202. The van der Waals surface area contributed by atoms with E-state index in [1.165, 1.54) is 75.7 Å². The fourth-order valence-corrected chi connectivity index (χ4v) is 3.70. The number of hydrogen-bond acceptors (Lipinski definition) is 2. The Morgan fingerprint density at radius 3 is 1.67 bits per heavy atom. The summed E-state index contributed by atoms with van der Waals surface area (Å²) < 4.78 is 42.3. The van der Waals surface area contributed by atoms with Gasteiger partial charge in [0.1, 0.15) is 0 Å². The minimum atomic E-state index is -2.49. The number of rotatable bonds is 20. The van der Waals surface area contributed by atoms with Crippen LogP contribution in [0.2, 0.25) is 0 Å². The van der Waals surface area contributed by atoms with Crippen molar-refractivity contribution in [2.45, 2.75) is 123 Å². The molecule has 1 nitrogen and oxygen atoms in total. The molecular formula is C22H46OS. The van der Waals surface area contributed by atoms with Crippen LogP contribution in [0.1, 0.15) is 124 Å². The zero-order valence-corrected chi connectivity index (χ0v) is 17.2. The van der Waals surface area contributed by atoms with Gasteiger partial charge >= 0.3 is 0 Å². The summed E-state index contributed by atoms with van der Waals surface area (Å²) in [4.78, 5) is 0. The normalized spacial score (nSPS) is 15.7. The Labute approximate surface area is 165 Å². The van der Waals surface area contributed by atoms with E-state index in [-0.39, 0.29) is 6.42 Å². The molecule has 2 heteroatoms. The van der Waals surface area contributed by atoms with Crippen LogP contribution >= 0.6 is 11.8 Å². The maximum atomic E-state index is 7.59. The first-order valence-electron chi connectivity index (χ1n) is 12.9. The van der Waals surface area contributed by atoms with E-state index in [2.05, 4.69) is 25.6 Å². The molecular weight excluding hydrogens is 312 g/mol. The number of ether oxygens (including phenoxy) is 1. The molecule has 0 aromatic heterocycles. The van der Waals surface area contributed by atoms with Crippen molar-refractivity contribution in [1.82, 2.24) is 0 Å². The van der Waals surface area contributed by atoms with Gasteiger partial charge in [0.05, 0.1) is 6.10 Å². The van der Waals surface area contributed by atoms with E-state index >= 15 is 0 Å². The Bertz CT molecular complexity index is 362. The fraction of sp³-hybridized carbons (Fsp3) is 1.00. The molecule has 0 aliphatic carbocycles. The summed E-state index contributed by atoms with van der Waals surface area (Å²) in [6, 6.07) is 0. The van der Waals surface area contributed by atoms with Crippen LogP contribution in [0.25, 0.3) is 0 Å². The van der Waals surface area contributed by atoms with Crippen molar-refractivity contribution in [2.75, 3.05) is 18.1 Å². The summed E-state index contributed by atoms with van der Waals surface area (Å²) in [7, 11) is 0. The lowest BCUT2D eigenvalue weighted by Gasteiger charge is -2.07. The molecule has 0 bridgehead atoms. The topological polar surface area (TPSA) is 9.23 Å². The minimum Gasteiger partial charge on any atom is -0.379 e. The fourth-order valence-electron chi connectivity index (χ4n) is 2.77. The molecule has 0 saturated carbocycles. The molecule has 146 valence electrons. The zero-order chi connectivity index (χ0) is 22.0. The SMILES string of the molecule is [2H]C([2H])([2H])C([2H])([2H])CCCCCCCCCCCCCCSCCCOC(C)C. The monoisotopic (exact) mass is 363 g/mol. The molecule has 0 aromatic carbocycles. The molecule has 0 atom stereocenters. The smallest absolute Gasteiger partial charge is 0.0518 e. The zero-order valence-electron chi connectivity index (χ0n) is 21.4. The van der Waals surface area contributed by atoms with Gasteiger partial charge in [-0.3, -0.25) is 0 Å². The second kappa shape index (κ2) is 21.4. The van der Waals surface area contributed by atoms with Crippen molar-refractivity contribution in [3.8, 4) is 0 Å². The third-order valence-corrected chi connectivity index (χ3v) is 5.38. The molecule has 0 heterocycles. The Morgan fingerprint density at radius 1 is 0.708 bits per heavy atom. The van der Waals surface area contributed by atoms with Gasteiger partial charge in [-0.1, -0.05) is 90.3 Å². The van der Waals surface area contributed by atoms with Gasteiger partial charge in [-0.25, -0.2) is 0 Å². The third-order valence-electron chi connectivity index (χ3n) is 4.22. The molecule has 0 aliphatic heterocycles. The predicted molar refractivity (Wildman–Crippen MR) is 113 cm³/mol. The largest absolute Gasteiger partial charge is 0.379 e. The maximum Gasteiger partial charge on any atom is 0.0518 e. The summed E-state index contributed by atoms with van der Waals surface area (Å²) in [5, 5.41) is 0. The molecule has 0 aromatic rings. The Balaban J connectivity index is 3.19. The highest BCUT2D eigenvalue weighted by Gasteiger charge is 1.96. The summed E-state index contributed by atoms with van der Waals surface area (Å²) >= 11 is 2.06. The van der Waals surface area contributed by atoms with Crippen LogP contribution < -0.4 is 0 Å². The summed E-state index contributed by atoms with van der Waals surface area (Å²) in [6.45, 7) is 2.58. The van der Waals surface area contributed by atoms with Gasteiger partial charge in [0.25, 0.3) is 0 Å². The lowest BCUT2D eigenvalue weighted by molar-refractivity contribution is 0.0800. The highest BCUT2D eigenvalue weighted by atomic mass is 32.2. The molecule has 0 rings (SSSR count). The van der Waals surface area contributed by atoms with E-state index in [0.717, 1.165) is 19.4 Å². The van der Waals surface area contributed by atoms with Crippen molar-refractivity contribution in [3.63, 3.8) is 0 Å². The Hall–Kier alpha value is 0.310. The molecule has 0 N–H and O–H groups in total. The second-order valence-corrected chi connectivity index (χ2v) is 8.28. The predicted octanol–water partition coefficient (Wildman–Crippen LogP) is 8.02. The van der Waals surface area contributed by atoms with Gasteiger partial charge in [-0.15, -0.1) is 0 Å². The van der Waals surface area contributed by atoms with Crippen LogP contribution in [0.15, 0.2) is 0 Å². The van der Waals surface area contributed by atoms with Crippen molar-refractivity contribution in [3.05, 3.63) is 0 Å². The van der Waals surface area contributed by atoms with Crippen LogP contribution in [0, 0.1) is 0 Å². The number of thioether (sulfide) groups is 1. The second-order valence-electron chi connectivity index (χ2n) is 7.05. The third kappa shape index (κ3) is 22.3. The van der Waals surface area contributed by atoms with E-state index in [9.17, 15) is 0 Å². The molecule has 0 fully saturated rings. The number of hydrogen-bond donors (Lipinski definition) is 0. The van der Waals surface area contributed by atoms with Gasteiger partial charge in [0.2, 0.25) is 0 Å². The first-order chi connectivity index (χ1) is 13.7. The van der Waals surface area contributed by atoms with Crippen molar-refractivity contribution in [1.29, 1.82) is 0 Å². The van der Waals surface area contributed by atoms with E-state index in [0.29, 0.717) is 12.5 Å². The average Bonchev–Trinajstić information content (AvgIpc) is 2.62. The molecule has 0 amide bonds. The van der Waals surface area contributed by atoms with Crippen molar-refractivity contribution >= 4 is 11.8 Å². The lowest BCUT2D eigenvalue weighted by atomic mass is 10.0. The standard InChI is InChI=1S/C22H46OS/c1-4-5-6-7-8-9-10-11-12-13-14-15-16-17-20-24-21-18-19-23-22(2)3/h22H,4-21H2,1-3H3/i1D3,4D2. The molecule has 0 spiro atoms. The van der Waals surface area contributed by atoms with Crippen LogP contribution in [0.3, 0.4) is 0 Å². The first-order valence-corrected chi connectivity index (χ1v) is 11.5. The van der Waals surface area contributed by atoms with Crippen LogP contribution in [-0.2, 0) is 4.74 Å².